The number of esters is 1. The summed E-state index contributed by atoms with van der Waals surface area (Å²) in [6.07, 6.45) is 0. The van der Waals surface area contributed by atoms with Crippen LogP contribution in [0.2, 0.25) is 0 Å². The van der Waals surface area contributed by atoms with Crippen LogP contribution in [-0.2, 0) is 15.1 Å². The molecule has 0 saturated heterocycles. The van der Waals surface area contributed by atoms with Gasteiger partial charge in [-0.2, -0.15) is 0 Å². The predicted octanol–water partition coefficient (Wildman–Crippen LogP) is 0.438. The van der Waals surface area contributed by atoms with Crippen LogP contribution in [0.3, 0.4) is 0 Å². The third-order valence-corrected chi connectivity index (χ3v) is 2.41. The highest BCUT2D eigenvalue weighted by Gasteiger charge is 2.39. The molecule has 2 N–H and O–H groups in total. The van der Waals surface area contributed by atoms with E-state index in [1.165, 1.54) is 19.2 Å². The lowest BCUT2D eigenvalue weighted by Gasteiger charge is -2.23. The maximum Gasteiger partial charge on any atom is 0.345 e. The molecule has 94 valence electrons. The van der Waals surface area contributed by atoms with Crippen molar-refractivity contribution in [2.75, 3.05) is 20.3 Å². The third-order valence-electron chi connectivity index (χ3n) is 2.41. The summed E-state index contributed by atoms with van der Waals surface area (Å²) in [5.74, 6) is -0.273. The van der Waals surface area contributed by atoms with E-state index in [2.05, 4.69) is 0 Å². The zero-order valence-corrected chi connectivity index (χ0v) is 9.84. The summed E-state index contributed by atoms with van der Waals surface area (Å²) < 4.78 is 9.69. The Morgan fingerprint density at radius 2 is 1.94 bits per heavy atom. The number of aliphatic hydroxyl groups excluding tert-OH is 1. The summed E-state index contributed by atoms with van der Waals surface area (Å²) in [5, 5.41) is 19.3. The second kappa shape index (κ2) is 5.65. The van der Waals surface area contributed by atoms with Crippen LogP contribution in [0, 0.1) is 0 Å². The molecular weight excluding hydrogens is 224 g/mol. The first-order valence-electron chi connectivity index (χ1n) is 5.23. The number of hydrogen-bond donors (Lipinski definition) is 2. The summed E-state index contributed by atoms with van der Waals surface area (Å²) in [4.78, 5) is 11.6. The highest BCUT2D eigenvalue weighted by atomic mass is 16.6. The van der Waals surface area contributed by atoms with Gasteiger partial charge in [0.15, 0.2) is 0 Å². The van der Waals surface area contributed by atoms with Crippen molar-refractivity contribution < 1.29 is 24.5 Å². The molecule has 1 atom stereocenters. The Labute approximate surface area is 99.6 Å². The van der Waals surface area contributed by atoms with Crippen molar-refractivity contribution in [2.24, 2.45) is 0 Å². The molecule has 0 aromatic heterocycles. The smallest absolute Gasteiger partial charge is 0.345 e. The second-order valence-corrected chi connectivity index (χ2v) is 3.47. The maximum atomic E-state index is 11.6. The van der Waals surface area contributed by atoms with Gasteiger partial charge < -0.3 is 19.7 Å². The Balaban J connectivity index is 3.02. The van der Waals surface area contributed by atoms with Crippen LogP contribution < -0.4 is 4.74 Å². The van der Waals surface area contributed by atoms with E-state index in [0.29, 0.717) is 5.75 Å². The zero-order valence-electron chi connectivity index (χ0n) is 9.84. The molecule has 0 heterocycles. The molecule has 1 aromatic carbocycles. The molecule has 17 heavy (non-hydrogen) atoms. The molecule has 5 nitrogen and oxygen atoms in total. The minimum atomic E-state index is -2.03. The molecule has 0 saturated carbocycles. The number of carbonyl (C=O) groups is 1. The van der Waals surface area contributed by atoms with Crippen molar-refractivity contribution in [2.45, 2.75) is 12.5 Å². The number of aliphatic hydroxyl groups is 2. The number of ether oxygens (including phenoxy) is 2. The van der Waals surface area contributed by atoms with Gasteiger partial charge in [0.2, 0.25) is 5.60 Å². The Hall–Kier alpha value is -1.59. The highest BCUT2D eigenvalue weighted by molar-refractivity contribution is 5.81. The predicted molar refractivity (Wildman–Crippen MR) is 60.6 cm³/mol. The lowest BCUT2D eigenvalue weighted by Crippen LogP contribution is -2.40. The van der Waals surface area contributed by atoms with Crippen LogP contribution in [0.15, 0.2) is 24.3 Å². The molecule has 0 radical (unpaired) electrons. The first kappa shape index (κ1) is 13.5. The molecule has 0 bridgehead atoms. The molecule has 0 aliphatic carbocycles. The topological polar surface area (TPSA) is 76.0 Å². The third kappa shape index (κ3) is 2.75. The van der Waals surface area contributed by atoms with E-state index >= 15 is 0 Å². The lowest BCUT2D eigenvalue weighted by atomic mass is 9.95. The van der Waals surface area contributed by atoms with Gasteiger partial charge >= 0.3 is 5.97 Å². The van der Waals surface area contributed by atoms with Gasteiger partial charge in [0.05, 0.1) is 20.3 Å². The van der Waals surface area contributed by atoms with Gasteiger partial charge in [-0.3, -0.25) is 0 Å². The molecule has 0 aliphatic rings. The van der Waals surface area contributed by atoms with Crippen LogP contribution in [0.25, 0.3) is 0 Å². The average Bonchev–Trinajstić information content (AvgIpc) is 2.38. The fourth-order valence-electron chi connectivity index (χ4n) is 1.39. The number of methoxy groups -OCH3 is 1. The molecule has 5 heteroatoms. The molecule has 0 aliphatic heterocycles. The molecular formula is C12H16O5. The molecule has 0 unspecified atom stereocenters. The van der Waals surface area contributed by atoms with Crippen molar-refractivity contribution >= 4 is 5.97 Å². The summed E-state index contributed by atoms with van der Waals surface area (Å²) in [6.45, 7) is 1.03. The van der Waals surface area contributed by atoms with Gasteiger partial charge in [-0.25, -0.2) is 4.79 Å². The van der Waals surface area contributed by atoms with Gasteiger partial charge in [0.25, 0.3) is 0 Å². The van der Waals surface area contributed by atoms with E-state index in [9.17, 15) is 15.0 Å². The standard InChI is InChI=1S/C12H16O5/c1-3-17-11(14)12(15,8-13)9-4-6-10(16-2)7-5-9/h4-7,13,15H,3,8H2,1-2H3/t12-/m0/s1. The van der Waals surface area contributed by atoms with E-state index in [0.717, 1.165) is 0 Å². The molecule has 0 fully saturated rings. The average molecular weight is 240 g/mol. The van der Waals surface area contributed by atoms with Gasteiger partial charge in [-0.15, -0.1) is 0 Å². The Morgan fingerprint density at radius 1 is 1.35 bits per heavy atom. The largest absolute Gasteiger partial charge is 0.497 e. The highest BCUT2D eigenvalue weighted by Crippen LogP contribution is 2.24. The monoisotopic (exact) mass is 240 g/mol. The Morgan fingerprint density at radius 3 is 2.35 bits per heavy atom. The summed E-state index contributed by atoms with van der Waals surface area (Å²) in [7, 11) is 1.51. The van der Waals surface area contributed by atoms with Crippen LogP contribution in [0.1, 0.15) is 12.5 Å². The van der Waals surface area contributed by atoms with Crippen LogP contribution in [0.4, 0.5) is 0 Å². The molecule has 1 rings (SSSR count). The van der Waals surface area contributed by atoms with Crippen LogP contribution in [0.5, 0.6) is 5.75 Å². The fraction of sp³-hybridized carbons (Fsp3) is 0.417. The van der Waals surface area contributed by atoms with Crippen molar-refractivity contribution in [3.8, 4) is 5.75 Å². The first-order chi connectivity index (χ1) is 8.08. The minimum absolute atomic E-state index is 0.136. The number of carbonyl (C=O) groups excluding carboxylic acids is 1. The van der Waals surface area contributed by atoms with E-state index in [1.54, 1.807) is 19.1 Å². The van der Waals surface area contributed by atoms with E-state index < -0.39 is 18.2 Å². The normalized spacial score (nSPS) is 13.9. The second-order valence-electron chi connectivity index (χ2n) is 3.47. The summed E-state index contributed by atoms with van der Waals surface area (Å²) in [5.41, 5.74) is -1.76. The summed E-state index contributed by atoms with van der Waals surface area (Å²) in [6, 6.07) is 6.20. The van der Waals surface area contributed by atoms with Gasteiger partial charge in [-0.05, 0) is 24.6 Å². The first-order valence-corrected chi connectivity index (χ1v) is 5.23. The number of hydrogen-bond acceptors (Lipinski definition) is 5. The van der Waals surface area contributed by atoms with E-state index in [-0.39, 0.29) is 12.2 Å². The minimum Gasteiger partial charge on any atom is -0.497 e. The SMILES string of the molecule is CCOC(=O)[C@](O)(CO)c1ccc(OC)cc1. The van der Waals surface area contributed by atoms with Crippen LogP contribution >= 0.6 is 0 Å². The van der Waals surface area contributed by atoms with Crippen LogP contribution in [-0.4, -0.2) is 36.5 Å². The lowest BCUT2D eigenvalue weighted by molar-refractivity contribution is -0.170. The van der Waals surface area contributed by atoms with Crippen molar-refractivity contribution in [1.29, 1.82) is 0 Å². The van der Waals surface area contributed by atoms with E-state index in [4.69, 9.17) is 9.47 Å². The zero-order chi connectivity index (χ0) is 12.9. The van der Waals surface area contributed by atoms with Gasteiger partial charge in [-0.1, -0.05) is 12.1 Å². The van der Waals surface area contributed by atoms with Gasteiger partial charge in [0, 0.05) is 0 Å². The maximum absolute atomic E-state index is 11.6. The van der Waals surface area contributed by atoms with E-state index in [1.807, 2.05) is 0 Å². The summed E-state index contributed by atoms with van der Waals surface area (Å²) >= 11 is 0. The Bertz CT molecular complexity index is 373. The number of rotatable bonds is 5. The number of benzene rings is 1. The quantitative estimate of drug-likeness (QED) is 0.730. The molecule has 1 aromatic rings. The molecule has 0 spiro atoms. The van der Waals surface area contributed by atoms with Gasteiger partial charge in [0.1, 0.15) is 5.75 Å². The Kier molecular flexibility index (Phi) is 4.48. The van der Waals surface area contributed by atoms with Crippen molar-refractivity contribution in [3.63, 3.8) is 0 Å². The molecule has 0 amide bonds. The fourth-order valence-corrected chi connectivity index (χ4v) is 1.39. The van der Waals surface area contributed by atoms with Crippen molar-refractivity contribution in [1.82, 2.24) is 0 Å². The van der Waals surface area contributed by atoms with Crippen molar-refractivity contribution in [3.05, 3.63) is 29.8 Å².